The molecular weight excluding hydrogens is 336 g/mol. The number of hydrogen-bond acceptors (Lipinski definition) is 4. The van der Waals surface area contributed by atoms with E-state index >= 15 is 0 Å². The van der Waals surface area contributed by atoms with Gasteiger partial charge in [-0.05, 0) is 43.0 Å². The highest BCUT2D eigenvalue weighted by molar-refractivity contribution is 7.99. The highest BCUT2D eigenvalue weighted by Crippen LogP contribution is 2.30. The van der Waals surface area contributed by atoms with Gasteiger partial charge in [0.15, 0.2) is 0 Å². The van der Waals surface area contributed by atoms with Gasteiger partial charge in [0.2, 0.25) is 0 Å². The second-order valence-corrected chi connectivity index (χ2v) is 6.19. The molecule has 0 heterocycles. The number of benzene rings is 2. The van der Waals surface area contributed by atoms with Gasteiger partial charge in [-0.25, -0.2) is 4.79 Å². The molecule has 2 atom stereocenters. The van der Waals surface area contributed by atoms with Crippen molar-refractivity contribution in [3.8, 4) is 23.3 Å². The molecule has 0 aromatic heterocycles. The molecule has 0 saturated carbocycles. The number of hydrogen-bond donors (Lipinski definition) is 2. The van der Waals surface area contributed by atoms with Crippen molar-refractivity contribution in [3.05, 3.63) is 60.2 Å². The van der Waals surface area contributed by atoms with Crippen molar-refractivity contribution >= 4 is 17.8 Å². The summed E-state index contributed by atoms with van der Waals surface area (Å²) in [4.78, 5) is 11.0. The molecule has 2 rings (SSSR count). The predicted octanol–water partition coefficient (Wildman–Crippen LogP) is 4.04. The average molecular weight is 356 g/mol. The van der Waals surface area contributed by atoms with Crippen molar-refractivity contribution in [2.75, 3.05) is 6.26 Å². The Morgan fingerprint density at radius 3 is 2.48 bits per heavy atom. The number of rotatable bonds is 5. The Labute approximate surface area is 151 Å². The molecule has 5 nitrogen and oxygen atoms in total. The Balaban J connectivity index is 2.16. The topological polar surface area (TPSA) is 75.8 Å². The van der Waals surface area contributed by atoms with E-state index in [0.29, 0.717) is 5.06 Å². The fraction of sp³-hybridized carbons (Fsp3) is 0.211. The number of carbonyl (C=O) groups is 1. The molecule has 2 aromatic carbocycles. The molecule has 6 heteroatoms. The summed E-state index contributed by atoms with van der Waals surface area (Å²) in [5.74, 6) is 7.39. The van der Waals surface area contributed by atoms with Crippen LogP contribution in [0.2, 0.25) is 0 Å². The quantitative estimate of drug-likeness (QED) is 0.481. The number of nitrogens with two attached hydrogens (primary N) is 1. The molecule has 0 spiro atoms. The van der Waals surface area contributed by atoms with E-state index in [-0.39, 0.29) is 5.25 Å². The lowest BCUT2D eigenvalue weighted by Crippen LogP contribution is -2.38. The molecule has 0 bridgehead atoms. The van der Waals surface area contributed by atoms with Gasteiger partial charge in [-0.1, -0.05) is 42.2 Å². The number of urea groups is 1. The van der Waals surface area contributed by atoms with Gasteiger partial charge < -0.3 is 10.5 Å². The molecule has 0 aliphatic carbocycles. The minimum atomic E-state index is -0.930. The molecule has 2 aromatic rings. The molecule has 25 heavy (non-hydrogen) atoms. The van der Waals surface area contributed by atoms with Gasteiger partial charge in [-0.15, -0.1) is 11.8 Å². The van der Waals surface area contributed by atoms with Gasteiger partial charge in [-0.3, -0.25) is 5.21 Å². The van der Waals surface area contributed by atoms with E-state index in [2.05, 4.69) is 11.8 Å². The molecule has 0 fully saturated rings. The van der Waals surface area contributed by atoms with Gasteiger partial charge in [0.25, 0.3) is 0 Å². The first kappa shape index (κ1) is 18.7. The highest BCUT2D eigenvalue weighted by atomic mass is 32.2. The third-order valence-corrected chi connectivity index (χ3v) is 4.25. The van der Waals surface area contributed by atoms with Crippen LogP contribution in [0.5, 0.6) is 11.5 Å². The number of ether oxygens (including phenoxy) is 1. The van der Waals surface area contributed by atoms with Crippen LogP contribution >= 0.6 is 11.8 Å². The summed E-state index contributed by atoms with van der Waals surface area (Å²) >= 11 is 1.55. The van der Waals surface area contributed by atoms with Crippen LogP contribution in [0.15, 0.2) is 54.6 Å². The zero-order chi connectivity index (χ0) is 18.2. The zero-order valence-corrected chi connectivity index (χ0v) is 14.9. The molecule has 0 aliphatic rings. The Hall–Kier alpha value is -2.62. The molecular formula is C19H20N2O3S. The summed E-state index contributed by atoms with van der Waals surface area (Å²) < 4.78 is 5.84. The second kappa shape index (κ2) is 9.02. The third-order valence-electron chi connectivity index (χ3n) is 3.39. The van der Waals surface area contributed by atoms with Gasteiger partial charge in [0.1, 0.15) is 17.5 Å². The maximum Gasteiger partial charge on any atom is 0.339 e. The summed E-state index contributed by atoms with van der Waals surface area (Å²) in [6.07, 6.45) is 1.94. The maximum absolute atomic E-state index is 11.0. The summed E-state index contributed by atoms with van der Waals surface area (Å²) in [6.45, 7) is 1.60. The van der Waals surface area contributed by atoms with Gasteiger partial charge in [0.05, 0.1) is 5.25 Å². The molecule has 3 N–H and O–H groups in total. The third kappa shape index (κ3) is 5.45. The van der Waals surface area contributed by atoms with E-state index < -0.39 is 12.1 Å². The van der Waals surface area contributed by atoms with Crippen molar-refractivity contribution in [1.29, 1.82) is 0 Å². The van der Waals surface area contributed by atoms with Crippen LogP contribution in [0, 0.1) is 11.8 Å². The second-order valence-electron chi connectivity index (χ2n) is 5.25. The Morgan fingerprint density at radius 1 is 1.16 bits per heavy atom. The van der Waals surface area contributed by atoms with Gasteiger partial charge >= 0.3 is 6.03 Å². The standard InChI is InChI=1S/C19H20N2O3S/c1-14(21(23)19(20)22)11-12-18(25-2)15-7-6-10-17(13-15)24-16-8-4-3-5-9-16/h3-10,13-14,18,23H,1-2H3,(H2,20,22). The smallest absolute Gasteiger partial charge is 0.339 e. The molecule has 0 radical (unpaired) electrons. The summed E-state index contributed by atoms with van der Waals surface area (Å²) in [6, 6.07) is 15.6. The van der Waals surface area contributed by atoms with E-state index in [1.807, 2.05) is 60.9 Å². The molecule has 0 aliphatic heterocycles. The fourth-order valence-corrected chi connectivity index (χ4v) is 2.70. The lowest BCUT2D eigenvalue weighted by atomic mass is 10.1. The molecule has 2 unspecified atom stereocenters. The number of para-hydroxylation sites is 1. The van der Waals surface area contributed by atoms with Crippen LogP contribution in [0.25, 0.3) is 0 Å². The highest BCUT2D eigenvalue weighted by Gasteiger charge is 2.13. The van der Waals surface area contributed by atoms with Crippen molar-refractivity contribution in [1.82, 2.24) is 5.06 Å². The van der Waals surface area contributed by atoms with Crippen LogP contribution in [0.1, 0.15) is 17.7 Å². The molecule has 0 saturated heterocycles. The minimum absolute atomic E-state index is 0.122. The monoisotopic (exact) mass is 356 g/mol. The first-order chi connectivity index (χ1) is 12.0. The first-order valence-corrected chi connectivity index (χ1v) is 8.94. The number of primary amides is 1. The zero-order valence-electron chi connectivity index (χ0n) is 14.0. The lowest BCUT2D eigenvalue weighted by Gasteiger charge is -2.15. The number of carbonyl (C=O) groups excluding carboxylic acids is 1. The summed E-state index contributed by atoms with van der Waals surface area (Å²) in [5.41, 5.74) is 6.00. The lowest BCUT2D eigenvalue weighted by molar-refractivity contribution is -0.0536. The van der Waals surface area contributed by atoms with Crippen molar-refractivity contribution in [2.24, 2.45) is 5.73 Å². The normalized spacial score (nSPS) is 12.4. The number of amides is 2. The van der Waals surface area contributed by atoms with E-state index in [4.69, 9.17) is 10.5 Å². The van der Waals surface area contributed by atoms with Crippen LogP contribution in [0.3, 0.4) is 0 Å². The minimum Gasteiger partial charge on any atom is -0.457 e. The Bertz CT molecular complexity index is 771. The predicted molar refractivity (Wildman–Crippen MR) is 99.7 cm³/mol. The molecule has 130 valence electrons. The van der Waals surface area contributed by atoms with Gasteiger partial charge in [0, 0.05) is 0 Å². The number of nitrogens with zero attached hydrogens (tertiary/aromatic N) is 1. The van der Waals surface area contributed by atoms with Crippen LogP contribution in [-0.4, -0.2) is 28.6 Å². The van der Waals surface area contributed by atoms with Crippen molar-refractivity contribution in [3.63, 3.8) is 0 Å². The summed E-state index contributed by atoms with van der Waals surface area (Å²) in [7, 11) is 0. The SMILES string of the molecule is CSC(C#CC(C)N(O)C(N)=O)c1cccc(Oc2ccccc2)c1. The van der Waals surface area contributed by atoms with E-state index in [9.17, 15) is 10.0 Å². The average Bonchev–Trinajstić information content (AvgIpc) is 2.62. The van der Waals surface area contributed by atoms with Crippen LogP contribution in [-0.2, 0) is 0 Å². The first-order valence-electron chi connectivity index (χ1n) is 7.65. The molecule has 2 amide bonds. The van der Waals surface area contributed by atoms with E-state index in [1.54, 1.807) is 18.7 Å². The fourth-order valence-electron chi connectivity index (χ4n) is 2.09. The van der Waals surface area contributed by atoms with Gasteiger partial charge in [-0.2, -0.15) is 5.06 Å². The largest absolute Gasteiger partial charge is 0.457 e. The van der Waals surface area contributed by atoms with Crippen LogP contribution < -0.4 is 10.5 Å². The van der Waals surface area contributed by atoms with Crippen molar-refractivity contribution < 1.29 is 14.7 Å². The number of hydroxylamine groups is 2. The van der Waals surface area contributed by atoms with E-state index in [1.165, 1.54) is 0 Å². The van der Waals surface area contributed by atoms with Crippen molar-refractivity contribution in [2.45, 2.75) is 18.2 Å². The van der Waals surface area contributed by atoms with E-state index in [0.717, 1.165) is 17.1 Å². The Morgan fingerprint density at radius 2 is 1.84 bits per heavy atom. The van der Waals surface area contributed by atoms with Crippen LogP contribution in [0.4, 0.5) is 4.79 Å². The summed E-state index contributed by atoms with van der Waals surface area (Å²) in [5, 5.41) is 9.78. The maximum atomic E-state index is 11.0. The Kier molecular flexibility index (Phi) is 6.75. The number of thioether (sulfide) groups is 1.